The van der Waals surface area contributed by atoms with Crippen molar-refractivity contribution in [2.75, 3.05) is 21.1 Å². The Kier molecular flexibility index (Phi) is 3.78. The van der Waals surface area contributed by atoms with Crippen LogP contribution in [0.1, 0.15) is 0 Å². The van der Waals surface area contributed by atoms with Crippen LogP contribution in [0.15, 0.2) is 35.2 Å². The zero-order valence-electron chi connectivity index (χ0n) is 11.4. The molecule has 0 saturated carbocycles. The molecule has 9 heteroatoms. The maximum atomic E-state index is 12.6. The van der Waals surface area contributed by atoms with Crippen molar-refractivity contribution in [2.45, 2.75) is 16.7 Å². The summed E-state index contributed by atoms with van der Waals surface area (Å²) in [6.07, 6.45) is -1.21. The molecule has 0 amide bonds. The minimum absolute atomic E-state index is 0.140. The first-order chi connectivity index (χ1) is 9.28. The Hall–Kier alpha value is -1.55. The molecule has 1 aliphatic rings. The second kappa shape index (κ2) is 5.09. The predicted octanol–water partition coefficient (Wildman–Crippen LogP) is 0.0282. The molecule has 1 heterocycles. The molecule has 1 aliphatic heterocycles. The fraction of sp³-hybridized carbons (Fsp3) is 0.455. The lowest BCUT2D eigenvalue weighted by Gasteiger charge is -2.23. The molecular formula is C11H16N4O4S. The highest BCUT2D eigenvalue weighted by molar-refractivity contribution is 7.92. The van der Waals surface area contributed by atoms with Gasteiger partial charge >= 0.3 is 6.29 Å². The first kappa shape index (κ1) is 14.9. The molecule has 0 bridgehead atoms. The van der Waals surface area contributed by atoms with Crippen LogP contribution in [0, 0.1) is 10.1 Å². The molecule has 1 saturated heterocycles. The SMILES string of the molecule is CN1C([N+](=O)[O-])N(C)N(C)C1S(=O)(=O)c1ccccc1. The molecule has 110 valence electrons. The van der Waals surface area contributed by atoms with Crippen molar-refractivity contribution in [2.24, 2.45) is 0 Å². The first-order valence-corrected chi connectivity index (χ1v) is 7.43. The highest BCUT2D eigenvalue weighted by atomic mass is 32.2. The molecule has 0 aliphatic carbocycles. The molecule has 20 heavy (non-hydrogen) atoms. The Bertz CT molecular complexity index is 606. The minimum Gasteiger partial charge on any atom is -0.261 e. The van der Waals surface area contributed by atoms with Gasteiger partial charge in [0.05, 0.1) is 9.82 Å². The monoisotopic (exact) mass is 300 g/mol. The van der Waals surface area contributed by atoms with Crippen molar-refractivity contribution >= 4 is 9.84 Å². The molecule has 8 nitrogen and oxygen atoms in total. The van der Waals surface area contributed by atoms with E-state index in [0.717, 1.165) is 0 Å². The molecule has 2 rings (SSSR count). The third-order valence-electron chi connectivity index (χ3n) is 3.40. The number of sulfone groups is 1. The molecule has 0 radical (unpaired) electrons. The molecule has 2 atom stereocenters. The summed E-state index contributed by atoms with van der Waals surface area (Å²) in [6, 6.07) is 7.92. The average molecular weight is 300 g/mol. The standard InChI is InChI=1S/C11H16N4O4S/c1-12-10(15(16)17)13(2)14(3)11(12)20(18,19)9-7-5-4-6-8-9/h4-8,10-11H,1-3H3. The first-order valence-electron chi connectivity index (χ1n) is 5.88. The summed E-state index contributed by atoms with van der Waals surface area (Å²) >= 11 is 0. The third-order valence-corrected chi connectivity index (χ3v) is 5.52. The van der Waals surface area contributed by atoms with E-state index in [4.69, 9.17) is 0 Å². The smallest absolute Gasteiger partial charge is 0.261 e. The Morgan fingerprint density at radius 1 is 1.10 bits per heavy atom. The number of benzene rings is 1. The zero-order valence-corrected chi connectivity index (χ0v) is 12.2. The summed E-state index contributed by atoms with van der Waals surface area (Å²) in [7, 11) is 0.708. The number of hydrogen-bond acceptors (Lipinski definition) is 7. The summed E-state index contributed by atoms with van der Waals surface area (Å²) in [5.74, 6) is 0. The van der Waals surface area contributed by atoms with E-state index in [-0.39, 0.29) is 4.90 Å². The largest absolute Gasteiger partial charge is 0.342 e. The van der Waals surface area contributed by atoms with E-state index in [9.17, 15) is 18.5 Å². The van der Waals surface area contributed by atoms with E-state index in [1.807, 2.05) is 0 Å². The topological polar surface area (TPSA) is 87.0 Å². The molecule has 1 aromatic carbocycles. The van der Waals surface area contributed by atoms with Gasteiger partial charge in [0.1, 0.15) is 0 Å². The van der Waals surface area contributed by atoms with Gasteiger partial charge in [0.2, 0.25) is 9.84 Å². The minimum atomic E-state index is -3.73. The van der Waals surface area contributed by atoms with Crippen molar-refractivity contribution in [1.82, 2.24) is 14.9 Å². The number of hydrazine groups is 1. The third kappa shape index (κ3) is 2.18. The van der Waals surface area contributed by atoms with Gasteiger partial charge in [-0.15, -0.1) is 0 Å². The normalized spacial score (nSPS) is 25.9. The number of nitrogens with zero attached hydrogens (tertiary/aromatic N) is 4. The Labute approximate surface area is 117 Å². The van der Waals surface area contributed by atoms with Crippen LogP contribution in [0.3, 0.4) is 0 Å². The lowest BCUT2D eigenvalue weighted by atomic mass is 10.4. The highest BCUT2D eigenvalue weighted by Gasteiger charge is 2.52. The lowest BCUT2D eigenvalue weighted by Crippen LogP contribution is -2.44. The Morgan fingerprint density at radius 3 is 2.10 bits per heavy atom. The summed E-state index contributed by atoms with van der Waals surface area (Å²) < 4.78 is 25.3. The van der Waals surface area contributed by atoms with Crippen LogP contribution < -0.4 is 0 Å². The second-order valence-corrected chi connectivity index (χ2v) is 6.61. The predicted molar refractivity (Wildman–Crippen MR) is 71.5 cm³/mol. The van der Waals surface area contributed by atoms with E-state index in [1.54, 1.807) is 18.2 Å². The molecule has 0 aromatic heterocycles. The van der Waals surface area contributed by atoms with E-state index in [0.29, 0.717) is 0 Å². The number of rotatable bonds is 3. The van der Waals surface area contributed by atoms with Gasteiger partial charge in [-0.05, 0) is 19.2 Å². The van der Waals surface area contributed by atoms with Gasteiger partial charge in [-0.2, -0.15) is 9.91 Å². The molecular weight excluding hydrogens is 284 g/mol. The average Bonchev–Trinajstić information content (AvgIpc) is 2.61. The quantitative estimate of drug-likeness (QED) is 0.575. The molecule has 0 N–H and O–H groups in total. The van der Waals surface area contributed by atoms with Crippen LogP contribution in [-0.2, 0) is 9.84 Å². The summed E-state index contributed by atoms with van der Waals surface area (Å²) in [5.41, 5.74) is -1.11. The van der Waals surface area contributed by atoms with Gasteiger partial charge in [0.25, 0.3) is 0 Å². The van der Waals surface area contributed by atoms with Gasteiger partial charge in [-0.3, -0.25) is 10.1 Å². The van der Waals surface area contributed by atoms with Crippen LogP contribution in [0.2, 0.25) is 0 Å². The fourth-order valence-electron chi connectivity index (χ4n) is 2.40. The van der Waals surface area contributed by atoms with Crippen LogP contribution in [0.5, 0.6) is 0 Å². The lowest BCUT2D eigenvalue weighted by molar-refractivity contribution is -0.573. The van der Waals surface area contributed by atoms with E-state index >= 15 is 0 Å². The molecule has 2 unspecified atom stereocenters. The Morgan fingerprint density at radius 2 is 1.65 bits per heavy atom. The fourth-order valence-corrected chi connectivity index (χ4v) is 4.27. The second-order valence-electron chi connectivity index (χ2n) is 4.63. The van der Waals surface area contributed by atoms with Crippen molar-refractivity contribution in [3.05, 3.63) is 40.4 Å². The van der Waals surface area contributed by atoms with Crippen molar-refractivity contribution < 1.29 is 13.3 Å². The van der Waals surface area contributed by atoms with E-state index in [2.05, 4.69) is 0 Å². The van der Waals surface area contributed by atoms with Crippen molar-refractivity contribution in [1.29, 1.82) is 0 Å². The van der Waals surface area contributed by atoms with Gasteiger partial charge in [0.15, 0.2) is 5.50 Å². The van der Waals surface area contributed by atoms with Crippen LogP contribution in [0.25, 0.3) is 0 Å². The summed E-state index contributed by atoms with van der Waals surface area (Å²) in [6.45, 7) is 0. The van der Waals surface area contributed by atoms with Crippen molar-refractivity contribution in [3.8, 4) is 0 Å². The number of hydrogen-bond donors (Lipinski definition) is 0. The van der Waals surface area contributed by atoms with Crippen molar-refractivity contribution in [3.63, 3.8) is 0 Å². The van der Waals surface area contributed by atoms with Crippen LogP contribution >= 0.6 is 0 Å². The highest BCUT2D eigenvalue weighted by Crippen LogP contribution is 2.29. The van der Waals surface area contributed by atoms with Gasteiger partial charge in [-0.1, -0.05) is 18.2 Å². The maximum Gasteiger partial charge on any atom is 0.342 e. The van der Waals surface area contributed by atoms with Gasteiger partial charge in [0, 0.05) is 14.1 Å². The van der Waals surface area contributed by atoms with Gasteiger partial charge < -0.3 is 0 Å². The van der Waals surface area contributed by atoms with Crippen LogP contribution in [-0.4, -0.2) is 61.2 Å². The molecule has 0 spiro atoms. The molecule has 1 fully saturated rings. The van der Waals surface area contributed by atoms with E-state index in [1.165, 1.54) is 48.2 Å². The summed E-state index contributed by atoms with van der Waals surface area (Å²) in [5, 5.41) is 13.7. The summed E-state index contributed by atoms with van der Waals surface area (Å²) in [4.78, 5) is 11.9. The maximum absolute atomic E-state index is 12.6. The number of nitro groups is 1. The van der Waals surface area contributed by atoms with Gasteiger partial charge in [-0.25, -0.2) is 13.4 Å². The zero-order chi connectivity index (χ0) is 15.1. The van der Waals surface area contributed by atoms with E-state index < -0.39 is 26.5 Å². The van der Waals surface area contributed by atoms with Crippen LogP contribution in [0.4, 0.5) is 0 Å². The molecule has 1 aromatic rings. The Balaban J connectivity index is 2.45.